The van der Waals surface area contributed by atoms with Crippen LogP contribution < -0.4 is 5.32 Å². The number of nitrogens with one attached hydrogen (secondary N) is 1. The van der Waals surface area contributed by atoms with Crippen molar-refractivity contribution >= 4 is 16.9 Å². The SMILES string of the molecule is CCN(CC)CCNC(=O)c1ccc2c(c1)nc(C)n2-c1ccccc1. The summed E-state index contributed by atoms with van der Waals surface area (Å²) < 4.78 is 2.11. The lowest BCUT2D eigenvalue weighted by atomic mass is 10.2. The number of imidazole rings is 1. The molecule has 0 fully saturated rings. The number of amides is 1. The van der Waals surface area contributed by atoms with Gasteiger partial charge in [0, 0.05) is 24.3 Å². The fourth-order valence-electron chi connectivity index (χ4n) is 3.21. The van der Waals surface area contributed by atoms with Gasteiger partial charge < -0.3 is 10.2 Å². The monoisotopic (exact) mass is 350 g/mol. The van der Waals surface area contributed by atoms with Gasteiger partial charge in [0.05, 0.1) is 11.0 Å². The van der Waals surface area contributed by atoms with Crippen LogP contribution in [0.3, 0.4) is 0 Å². The van der Waals surface area contributed by atoms with Crippen molar-refractivity contribution in [1.29, 1.82) is 0 Å². The number of likely N-dealkylation sites (N-methyl/N-ethyl adjacent to an activating group) is 1. The molecule has 0 spiro atoms. The van der Waals surface area contributed by atoms with Crippen LogP contribution in [0.25, 0.3) is 16.7 Å². The van der Waals surface area contributed by atoms with E-state index >= 15 is 0 Å². The number of para-hydroxylation sites is 1. The minimum absolute atomic E-state index is 0.0500. The van der Waals surface area contributed by atoms with Crippen LogP contribution in [0.1, 0.15) is 30.0 Å². The molecule has 1 N–H and O–H groups in total. The number of hydrogen-bond donors (Lipinski definition) is 1. The predicted octanol–water partition coefficient (Wildman–Crippen LogP) is 3.41. The third-order valence-electron chi connectivity index (χ3n) is 4.71. The number of benzene rings is 2. The van der Waals surface area contributed by atoms with Crippen molar-refractivity contribution in [2.45, 2.75) is 20.8 Å². The highest BCUT2D eigenvalue weighted by Crippen LogP contribution is 2.22. The van der Waals surface area contributed by atoms with Crippen molar-refractivity contribution in [3.8, 4) is 5.69 Å². The van der Waals surface area contributed by atoms with E-state index in [9.17, 15) is 4.79 Å². The molecule has 0 aliphatic heterocycles. The van der Waals surface area contributed by atoms with E-state index in [0.29, 0.717) is 12.1 Å². The molecular formula is C21H26N4O. The van der Waals surface area contributed by atoms with Crippen LogP contribution in [0.15, 0.2) is 48.5 Å². The highest BCUT2D eigenvalue weighted by atomic mass is 16.1. The Bertz CT molecular complexity index is 882. The van der Waals surface area contributed by atoms with Gasteiger partial charge >= 0.3 is 0 Å². The molecule has 136 valence electrons. The second kappa shape index (κ2) is 8.15. The molecule has 1 amide bonds. The fourth-order valence-corrected chi connectivity index (χ4v) is 3.21. The van der Waals surface area contributed by atoms with Crippen molar-refractivity contribution in [2.24, 2.45) is 0 Å². The number of carbonyl (C=O) groups excluding carboxylic acids is 1. The van der Waals surface area contributed by atoms with Gasteiger partial charge in [-0.1, -0.05) is 32.0 Å². The van der Waals surface area contributed by atoms with Crippen molar-refractivity contribution in [3.05, 3.63) is 59.9 Å². The summed E-state index contributed by atoms with van der Waals surface area (Å²) >= 11 is 0. The molecule has 5 nitrogen and oxygen atoms in total. The third kappa shape index (κ3) is 3.78. The van der Waals surface area contributed by atoms with E-state index < -0.39 is 0 Å². The van der Waals surface area contributed by atoms with E-state index in [2.05, 4.69) is 45.7 Å². The standard InChI is InChI=1S/C21H26N4O/c1-4-24(5-2)14-13-22-21(26)17-11-12-20-19(15-17)23-16(3)25(20)18-9-7-6-8-10-18/h6-12,15H,4-5,13-14H2,1-3H3,(H,22,26). The molecule has 3 aromatic rings. The normalized spacial score (nSPS) is 11.2. The van der Waals surface area contributed by atoms with Gasteiger partial charge in [0.2, 0.25) is 0 Å². The number of carbonyl (C=O) groups is 1. The van der Waals surface area contributed by atoms with Gasteiger partial charge in [-0.25, -0.2) is 4.98 Å². The number of fused-ring (bicyclic) bond motifs is 1. The highest BCUT2D eigenvalue weighted by Gasteiger charge is 2.12. The van der Waals surface area contributed by atoms with Gasteiger partial charge in [0.1, 0.15) is 5.82 Å². The molecule has 0 unspecified atom stereocenters. The maximum atomic E-state index is 12.4. The van der Waals surface area contributed by atoms with Gasteiger partial charge in [-0.05, 0) is 50.3 Å². The predicted molar refractivity (Wildman–Crippen MR) is 106 cm³/mol. The fraction of sp³-hybridized carbons (Fsp3) is 0.333. The van der Waals surface area contributed by atoms with Crippen LogP contribution >= 0.6 is 0 Å². The maximum absolute atomic E-state index is 12.4. The molecule has 0 saturated carbocycles. The molecule has 5 heteroatoms. The summed E-state index contributed by atoms with van der Waals surface area (Å²) in [7, 11) is 0. The van der Waals surface area contributed by atoms with Crippen LogP contribution in [0, 0.1) is 6.92 Å². The number of aromatic nitrogens is 2. The van der Waals surface area contributed by atoms with Gasteiger partial charge in [-0.3, -0.25) is 9.36 Å². The largest absolute Gasteiger partial charge is 0.351 e. The zero-order valence-electron chi connectivity index (χ0n) is 15.7. The second-order valence-electron chi connectivity index (χ2n) is 6.32. The molecular weight excluding hydrogens is 324 g/mol. The smallest absolute Gasteiger partial charge is 0.251 e. The second-order valence-corrected chi connectivity index (χ2v) is 6.32. The number of rotatable bonds is 7. The first-order valence-electron chi connectivity index (χ1n) is 9.19. The van der Waals surface area contributed by atoms with Crippen LogP contribution in [0.5, 0.6) is 0 Å². The molecule has 3 rings (SSSR count). The first-order valence-corrected chi connectivity index (χ1v) is 9.19. The van der Waals surface area contributed by atoms with Crippen molar-refractivity contribution in [3.63, 3.8) is 0 Å². The molecule has 2 aromatic carbocycles. The Kier molecular flexibility index (Phi) is 5.68. The zero-order valence-corrected chi connectivity index (χ0v) is 15.7. The summed E-state index contributed by atoms with van der Waals surface area (Å²) in [6.07, 6.45) is 0. The van der Waals surface area contributed by atoms with E-state index in [0.717, 1.165) is 42.2 Å². The minimum Gasteiger partial charge on any atom is -0.351 e. The summed E-state index contributed by atoms with van der Waals surface area (Å²) in [4.78, 5) is 19.4. The summed E-state index contributed by atoms with van der Waals surface area (Å²) in [6.45, 7) is 9.74. The van der Waals surface area contributed by atoms with Gasteiger partial charge in [-0.2, -0.15) is 0 Å². The minimum atomic E-state index is -0.0500. The van der Waals surface area contributed by atoms with Crippen LogP contribution in [0.2, 0.25) is 0 Å². The molecule has 1 aromatic heterocycles. The molecule has 0 bridgehead atoms. The highest BCUT2D eigenvalue weighted by molar-refractivity contribution is 5.97. The summed E-state index contributed by atoms with van der Waals surface area (Å²) in [6, 6.07) is 15.9. The van der Waals surface area contributed by atoms with E-state index in [-0.39, 0.29) is 5.91 Å². The van der Waals surface area contributed by atoms with E-state index in [1.807, 2.05) is 43.3 Å². The van der Waals surface area contributed by atoms with Crippen LogP contribution in [-0.4, -0.2) is 46.5 Å². The third-order valence-corrected chi connectivity index (χ3v) is 4.71. The number of nitrogens with zero attached hydrogens (tertiary/aromatic N) is 3. The molecule has 0 aliphatic carbocycles. The average Bonchev–Trinajstić information content (AvgIpc) is 3.00. The molecule has 0 aliphatic rings. The summed E-state index contributed by atoms with van der Waals surface area (Å²) in [5.74, 6) is 0.858. The summed E-state index contributed by atoms with van der Waals surface area (Å²) in [5, 5.41) is 3.00. The van der Waals surface area contributed by atoms with Gasteiger partial charge in [0.25, 0.3) is 5.91 Å². The van der Waals surface area contributed by atoms with E-state index in [1.165, 1.54) is 0 Å². The van der Waals surface area contributed by atoms with Crippen molar-refractivity contribution in [2.75, 3.05) is 26.2 Å². The number of hydrogen-bond acceptors (Lipinski definition) is 3. The maximum Gasteiger partial charge on any atom is 0.251 e. The first-order chi connectivity index (χ1) is 12.6. The molecule has 0 atom stereocenters. The van der Waals surface area contributed by atoms with E-state index in [1.54, 1.807) is 0 Å². The lowest BCUT2D eigenvalue weighted by Crippen LogP contribution is -2.34. The van der Waals surface area contributed by atoms with Crippen molar-refractivity contribution < 1.29 is 4.79 Å². The van der Waals surface area contributed by atoms with Gasteiger partial charge in [0.15, 0.2) is 0 Å². The van der Waals surface area contributed by atoms with E-state index in [4.69, 9.17) is 0 Å². The molecule has 0 radical (unpaired) electrons. The Labute approximate surface area is 154 Å². The molecule has 0 saturated heterocycles. The van der Waals surface area contributed by atoms with Crippen LogP contribution in [-0.2, 0) is 0 Å². The van der Waals surface area contributed by atoms with Gasteiger partial charge in [-0.15, -0.1) is 0 Å². The average molecular weight is 350 g/mol. The quantitative estimate of drug-likeness (QED) is 0.710. The number of aryl methyl sites for hydroxylation is 1. The van der Waals surface area contributed by atoms with Crippen LogP contribution in [0.4, 0.5) is 0 Å². The molecule has 1 heterocycles. The molecule has 26 heavy (non-hydrogen) atoms. The lowest BCUT2D eigenvalue weighted by molar-refractivity contribution is 0.0949. The Balaban J connectivity index is 1.79. The first kappa shape index (κ1) is 18.1. The Morgan fingerprint density at radius 3 is 2.54 bits per heavy atom. The van der Waals surface area contributed by atoms with Crippen molar-refractivity contribution in [1.82, 2.24) is 19.8 Å². The zero-order chi connectivity index (χ0) is 18.5. The Morgan fingerprint density at radius 1 is 1.12 bits per heavy atom. The Morgan fingerprint density at radius 2 is 1.85 bits per heavy atom. The topological polar surface area (TPSA) is 50.2 Å². The lowest BCUT2D eigenvalue weighted by Gasteiger charge is -2.17. The Hall–Kier alpha value is -2.66. The summed E-state index contributed by atoms with van der Waals surface area (Å²) in [5.41, 5.74) is 3.56.